The summed E-state index contributed by atoms with van der Waals surface area (Å²) in [6.07, 6.45) is 0. The Labute approximate surface area is 174 Å². The number of nitrogens with zero attached hydrogens (tertiary/aromatic N) is 1. The smallest absolute Gasteiger partial charge is 0.592 e. The number of rotatable bonds is 9. The summed E-state index contributed by atoms with van der Waals surface area (Å²) in [6.45, 7) is 7.16. The molecule has 4 nitrogen and oxygen atoms in total. The van der Waals surface area contributed by atoms with Crippen molar-refractivity contribution in [1.29, 1.82) is 0 Å². The van der Waals surface area contributed by atoms with Crippen LogP contribution in [-0.2, 0) is 8.53 Å². The van der Waals surface area contributed by atoms with Crippen molar-refractivity contribution >= 4 is 44.1 Å². The molecule has 0 aliphatic heterocycles. The van der Waals surface area contributed by atoms with Gasteiger partial charge < -0.3 is 18.2 Å². The fourth-order valence-electron chi connectivity index (χ4n) is 2.70. The topological polar surface area (TPSA) is 30.9 Å². The van der Waals surface area contributed by atoms with E-state index in [1.165, 1.54) is 5.56 Å². The number of methoxy groups -OCH3 is 1. The zero-order valence-electron chi connectivity index (χ0n) is 16.0. The second-order valence-electron chi connectivity index (χ2n) is 5.76. The lowest BCUT2D eigenvalue weighted by Crippen LogP contribution is -2.24. The average molecular weight is 424 g/mol. The van der Waals surface area contributed by atoms with Crippen molar-refractivity contribution in [3.8, 4) is 5.75 Å². The number of halogens is 2. The highest BCUT2D eigenvalue weighted by atomic mass is 35.7. The van der Waals surface area contributed by atoms with Crippen LogP contribution in [0.15, 0.2) is 54.5 Å². The van der Waals surface area contributed by atoms with Crippen LogP contribution in [0.2, 0.25) is 0 Å². The molecule has 0 N–H and O–H groups in total. The van der Waals surface area contributed by atoms with Crippen molar-refractivity contribution in [2.45, 2.75) is 20.8 Å². The first-order valence-corrected chi connectivity index (χ1v) is 12.8. The second-order valence-corrected chi connectivity index (χ2v) is 9.56. The van der Waals surface area contributed by atoms with Gasteiger partial charge in [0, 0.05) is 17.8 Å². The van der Waals surface area contributed by atoms with Gasteiger partial charge in [-0.25, -0.2) is 0 Å². The van der Waals surface area contributed by atoms with E-state index in [0.29, 0.717) is 19.1 Å². The molecule has 0 aliphatic rings. The molecule has 144 valence electrons. The predicted molar refractivity (Wildman–Crippen MR) is 114 cm³/mol. The largest absolute Gasteiger partial charge is 0.817 e. The lowest BCUT2D eigenvalue weighted by atomic mass is 10.1. The van der Waals surface area contributed by atoms with Gasteiger partial charge in [0.05, 0.1) is 13.7 Å². The minimum absolute atomic E-state index is 0.348. The summed E-state index contributed by atoms with van der Waals surface area (Å²) in [5.74, 6) is 1.15. The van der Waals surface area contributed by atoms with Gasteiger partial charge >= 0.3 is 12.6 Å². The van der Waals surface area contributed by atoms with Crippen LogP contribution >= 0.6 is 20.1 Å². The van der Waals surface area contributed by atoms with E-state index in [1.54, 1.807) is 7.11 Å². The maximum absolute atomic E-state index is 6.03. The van der Waals surface area contributed by atoms with E-state index in [1.807, 2.05) is 43.3 Å². The highest BCUT2D eigenvalue weighted by molar-refractivity contribution is 7.30. The van der Waals surface area contributed by atoms with Crippen molar-refractivity contribution < 1.29 is 13.3 Å². The van der Waals surface area contributed by atoms with E-state index in [-0.39, 0.29) is 0 Å². The first kappa shape index (κ1) is 21.8. The Morgan fingerprint density at radius 2 is 1.63 bits per heavy atom. The van der Waals surface area contributed by atoms with E-state index in [9.17, 15) is 0 Å². The van der Waals surface area contributed by atoms with Gasteiger partial charge in [-0.05, 0) is 45.0 Å². The van der Waals surface area contributed by atoms with Crippen molar-refractivity contribution in [2.75, 3.05) is 25.2 Å². The predicted octanol–water partition coefficient (Wildman–Crippen LogP) is 5.67. The Morgan fingerprint density at radius 1 is 1.00 bits per heavy atom. The fourth-order valence-corrected chi connectivity index (χ4v) is 3.52. The minimum atomic E-state index is -2.39. The summed E-state index contributed by atoms with van der Waals surface area (Å²) >= 11 is -2.39. The second kappa shape index (κ2) is 10.7. The highest BCUT2D eigenvalue weighted by Gasteiger charge is 2.26. The number of hydrogen-bond acceptors (Lipinski definition) is 4. The van der Waals surface area contributed by atoms with Gasteiger partial charge in [-0.1, -0.05) is 29.8 Å². The lowest BCUT2D eigenvalue weighted by molar-refractivity contribution is 0.122. The van der Waals surface area contributed by atoms with Crippen LogP contribution in [0.4, 0.5) is 5.69 Å². The Morgan fingerprint density at radius 3 is 2.11 bits per heavy atom. The molecule has 0 aliphatic carbocycles. The summed E-state index contributed by atoms with van der Waals surface area (Å²) in [5, 5.41) is 0. The summed E-state index contributed by atoms with van der Waals surface area (Å²) in [7, 11) is 13.7. The molecular weight excluding hydrogens is 400 g/mol. The van der Waals surface area contributed by atoms with Crippen molar-refractivity contribution in [3.63, 3.8) is 0 Å². The third kappa shape index (κ3) is 5.99. The molecule has 0 saturated heterocycles. The van der Waals surface area contributed by atoms with Crippen LogP contribution in [0.5, 0.6) is 5.75 Å². The number of ether oxygens (including phenoxy) is 2. The molecule has 0 amide bonds. The van der Waals surface area contributed by atoms with Crippen molar-refractivity contribution in [3.05, 3.63) is 65.6 Å². The Kier molecular flexibility index (Phi) is 8.66. The molecule has 2 aromatic carbocycles. The third-order valence-electron chi connectivity index (χ3n) is 3.96. The van der Waals surface area contributed by atoms with E-state index in [4.69, 9.17) is 33.4 Å². The van der Waals surface area contributed by atoms with Crippen LogP contribution in [0.3, 0.4) is 0 Å². The molecule has 0 atom stereocenters. The molecule has 2 aromatic rings. The van der Waals surface area contributed by atoms with E-state index < -0.39 is 12.6 Å². The normalized spacial score (nSPS) is 11.5. The molecule has 0 spiro atoms. The number of anilines is 1. The first-order valence-electron chi connectivity index (χ1n) is 8.80. The van der Waals surface area contributed by atoms with Gasteiger partial charge in [0.1, 0.15) is 11.4 Å². The first-order chi connectivity index (χ1) is 13.0. The van der Waals surface area contributed by atoms with Gasteiger partial charge in [-0.2, -0.15) is 20.1 Å². The van der Waals surface area contributed by atoms with Gasteiger partial charge in [0.15, 0.2) is 0 Å². The maximum Gasteiger partial charge on any atom is 0.817 e. The summed E-state index contributed by atoms with van der Waals surface area (Å²) in [4.78, 5) is 2.11. The number of hydrogen-bond donors (Lipinski definition) is 0. The zero-order chi connectivity index (χ0) is 19.8. The van der Waals surface area contributed by atoms with Crippen molar-refractivity contribution in [2.24, 2.45) is 0 Å². The van der Waals surface area contributed by atoms with Crippen LogP contribution in [-0.4, -0.2) is 32.9 Å². The average Bonchev–Trinajstić information content (AvgIpc) is 2.66. The summed E-state index contributed by atoms with van der Waals surface area (Å²) in [5.41, 5.74) is 3.91. The Bertz CT molecular complexity index is 749. The SMILES string of the molecule is CCO/C([O][Al]([Cl])[Cl])=C(\c1ccc(C)cc1)N(CC)c1ccc(OC)cc1. The Hall–Kier alpha value is -1.51. The number of aryl methyl sites for hydroxylation is 1. The lowest BCUT2D eigenvalue weighted by Gasteiger charge is -2.29. The molecule has 0 heterocycles. The zero-order valence-corrected chi connectivity index (χ0v) is 18.7. The van der Waals surface area contributed by atoms with Gasteiger partial charge in [0.2, 0.25) is 0 Å². The number of benzene rings is 2. The standard InChI is InChI=1S/C20H25NO3.Al.2ClH/c1-5-21(17-11-13-18(23-4)14-12-17)19(20(22)24-6-2)16-9-7-15(3)8-10-16;;;/h7-14,22H,5-6H2,1-4H3;;2*1H/q;+3;;/p-3/b20-19+;;;. The molecule has 0 bridgehead atoms. The summed E-state index contributed by atoms with van der Waals surface area (Å²) < 4.78 is 16.8. The fraction of sp³-hybridized carbons (Fsp3) is 0.300. The van der Waals surface area contributed by atoms with Crippen molar-refractivity contribution in [1.82, 2.24) is 0 Å². The maximum atomic E-state index is 6.03. The monoisotopic (exact) mass is 423 g/mol. The van der Waals surface area contributed by atoms with E-state index in [0.717, 1.165) is 22.7 Å². The quantitative estimate of drug-likeness (QED) is 0.383. The molecule has 0 aromatic heterocycles. The Balaban J connectivity index is 2.61. The minimum Gasteiger partial charge on any atom is -0.592 e. The highest BCUT2D eigenvalue weighted by Crippen LogP contribution is 2.32. The molecule has 27 heavy (non-hydrogen) atoms. The van der Waals surface area contributed by atoms with Crippen LogP contribution < -0.4 is 9.64 Å². The van der Waals surface area contributed by atoms with Gasteiger partial charge in [-0.3, -0.25) is 0 Å². The molecule has 2 rings (SSSR count). The van der Waals surface area contributed by atoms with Gasteiger partial charge in [0.25, 0.3) is 5.95 Å². The third-order valence-corrected chi connectivity index (χ3v) is 4.89. The molecular formula is C20H24AlCl2NO3. The van der Waals surface area contributed by atoms with Crippen LogP contribution in [0.1, 0.15) is 25.0 Å². The molecule has 0 radical (unpaired) electrons. The van der Waals surface area contributed by atoms with Gasteiger partial charge in [-0.15, -0.1) is 0 Å². The molecule has 7 heteroatoms. The molecule has 0 fully saturated rings. The molecule has 0 unspecified atom stereocenters. The van der Waals surface area contributed by atoms with Crippen LogP contribution in [0.25, 0.3) is 5.70 Å². The van der Waals surface area contributed by atoms with E-state index in [2.05, 4.69) is 30.9 Å². The van der Waals surface area contributed by atoms with E-state index >= 15 is 0 Å². The molecule has 0 saturated carbocycles. The van der Waals surface area contributed by atoms with Crippen LogP contribution in [0, 0.1) is 6.92 Å². The summed E-state index contributed by atoms with van der Waals surface area (Å²) in [6, 6.07) is 16.0.